The van der Waals surface area contributed by atoms with Gasteiger partial charge in [-0.25, -0.2) is 16.8 Å². The molecule has 1 unspecified atom stereocenters. The minimum atomic E-state index is -4.11. The molecular weight excluding hydrogens is 330 g/mol. The Balaban J connectivity index is 3.19. The van der Waals surface area contributed by atoms with E-state index in [4.69, 9.17) is 5.11 Å². The second-order valence-electron chi connectivity index (χ2n) is 4.68. The first kappa shape index (κ1) is 18.6. The van der Waals surface area contributed by atoms with Gasteiger partial charge in [0.2, 0.25) is 10.0 Å². The molecule has 0 amide bonds. The first-order valence-electron chi connectivity index (χ1n) is 6.72. The van der Waals surface area contributed by atoms with Gasteiger partial charge < -0.3 is 5.11 Å². The predicted molar refractivity (Wildman–Crippen MR) is 80.8 cm³/mol. The Morgan fingerprint density at radius 2 is 1.77 bits per heavy atom. The molecule has 0 aliphatic heterocycles. The van der Waals surface area contributed by atoms with E-state index in [1.807, 2.05) is 0 Å². The Labute approximate surface area is 130 Å². The number of aliphatic carboxylic acids is 1. The van der Waals surface area contributed by atoms with Crippen LogP contribution in [-0.4, -0.2) is 39.7 Å². The normalized spacial score (nSPS) is 13.7. The highest BCUT2D eigenvalue weighted by molar-refractivity contribution is 7.91. The summed E-state index contributed by atoms with van der Waals surface area (Å²) in [6, 6.07) is 3.63. The smallest absolute Gasteiger partial charge is 0.321 e. The van der Waals surface area contributed by atoms with E-state index in [-0.39, 0.29) is 22.0 Å². The summed E-state index contributed by atoms with van der Waals surface area (Å²) in [5, 5.41) is 9.01. The standard InChI is InChI=1S/C13H19NO6S2/c1-3-6-12(13(15)16)14-22(19,20)11-8-5-7-10(9-11)21(17,18)4-2/h5,7-9,12,14H,3-4,6H2,1-2H3,(H,15,16). The molecule has 1 rings (SSSR count). The van der Waals surface area contributed by atoms with Crippen LogP contribution in [0.2, 0.25) is 0 Å². The van der Waals surface area contributed by atoms with E-state index in [1.165, 1.54) is 25.1 Å². The number of carboxylic acid groups (broad SMARTS) is 1. The molecular formula is C13H19NO6S2. The van der Waals surface area contributed by atoms with Gasteiger partial charge in [0, 0.05) is 0 Å². The van der Waals surface area contributed by atoms with Crippen molar-refractivity contribution < 1.29 is 26.7 Å². The van der Waals surface area contributed by atoms with Crippen molar-refractivity contribution >= 4 is 25.8 Å². The molecule has 0 saturated carbocycles. The SMILES string of the molecule is CCCC(NS(=O)(=O)c1cccc(S(=O)(=O)CC)c1)C(=O)O. The maximum atomic E-state index is 12.2. The van der Waals surface area contributed by atoms with Crippen LogP contribution in [0.5, 0.6) is 0 Å². The zero-order valence-corrected chi connectivity index (χ0v) is 13.9. The van der Waals surface area contributed by atoms with E-state index in [2.05, 4.69) is 4.72 Å². The lowest BCUT2D eigenvalue weighted by Crippen LogP contribution is -2.40. The molecule has 1 aromatic rings. The topological polar surface area (TPSA) is 118 Å². The minimum absolute atomic E-state index is 0.111. The number of carboxylic acids is 1. The number of nitrogens with one attached hydrogen (secondary N) is 1. The molecule has 2 N–H and O–H groups in total. The first-order valence-corrected chi connectivity index (χ1v) is 9.85. The van der Waals surface area contributed by atoms with Crippen LogP contribution in [0, 0.1) is 0 Å². The van der Waals surface area contributed by atoms with Crippen molar-refractivity contribution in [2.75, 3.05) is 5.75 Å². The van der Waals surface area contributed by atoms with Crippen molar-refractivity contribution in [2.45, 2.75) is 42.5 Å². The molecule has 0 aliphatic carbocycles. The molecule has 0 radical (unpaired) electrons. The van der Waals surface area contributed by atoms with Gasteiger partial charge in [0.25, 0.3) is 0 Å². The van der Waals surface area contributed by atoms with E-state index in [1.54, 1.807) is 6.92 Å². The fourth-order valence-electron chi connectivity index (χ4n) is 1.78. The van der Waals surface area contributed by atoms with E-state index < -0.39 is 31.9 Å². The highest BCUT2D eigenvalue weighted by Gasteiger charge is 2.25. The highest BCUT2D eigenvalue weighted by Crippen LogP contribution is 2.17. The lowest BCUT2D eigenvalue weighted by Gasteiger charge is -2.14. The Morgan fingerprint density at radius 1 is 1.18 bits per heavy atom. The molecule has 9 heteroatoms. The molecule has 1 atom stereocenters. The van der Waals surface area contributed by atoms with Crippen LogP contribution in [0.25, 0.3) is 0 Å². The highest BCUT2D eigenvalue weighted by atomic mass is 32.2. The number of hydrogen-bond acceptors (Lipinski definition) is 5. The summed E-state index contributed by atoms with van der Waals surface area (Å²) in [5.74, 6) is -1.43. The average molecular weight is 349 g/mol. The van der Waals surface area contributed by atoms with Gasteiger partial charge in [0.15, 0.2) is 9.84 Å². The maximum absolute atomic E-state index is 12.2. The number of sulfonamides is 1. The van der Waals surface area contributed by atoms with Crippen LogP contribution in [0.1, 0.15) is 26.7 Å². The monoisotopic (exact) mass is 349 g/mol. The number of sulfone groups is 1. The van der Waals surface area contributed by atoms with Crippen LogP contribution in [0.3, 0.4) is 0 Å². The molecule has 1 aromatic carbocycles. The van der Waals surface area contributed by atoms with E-state index in [9.17, 15) is 21.6 Å². The lowest BCUT2D eigenvalue weighted by atomic mass is 10.2. The van der Waals surface area contributed by atoms with Crippen molar-refractivity contribution in [3.05, 3.63) is 24.3 Å². The molecule has 22 heavy (non-hydrogen) atoms. The van der Waals surface area contributed by atoms with Gasteiger partial charge in [-0.15, -0.1) is 0 Å². The summed E-state index contributed by atoms with van der Waals surface area (Å²) in [4.78, 5) is 10.7. The summed E-state index contributed by atoms with van der Waals surface area (Å²) < 4.78 is 50.1. The molecule has 0 spiro atoms. The Kier molecular flexibility index (Phi) is 6.09. The van der Waals surface area contributed by atoms with E-state index in [0.717, 1.165) is 6.07 Å². The quantitative estimate of drug-likeness (QED) is 0.723. The minimum Gasteiger partial charge on any atom is -0.480 e. The fraction of sp³-hybridized carbons (Fsp3) is 0.462. The van der Waals surface area contributed by atoms with Gasteiger partial charge in [-0.2, -0.15) is 4.72 Å². The Morgan fingerprint density at radius 3 is 2.27 bits per heavy atom. The van der Waals surface area contributed by atoms with Crippen molar-refractivity contribution in [1.29, 1.82) is 0 Å². The number of benzene rings is 1. The lowest BCUT2D eigenvalue weighted by molar-refractivity contribution is -0.139. The number of hydrogen-bond donors (Lipinski definition) is 2. The fourth-order valence-corrected chi connectivity index (χ4v) is 4.05. The van der Waals surface area contributed by atoms with Gasteiger partial charge in [-0.3, -0.25) is 4.79 Å². The van der Waals surface area contributed by atoms with Gasteiger partial charge in [0.1, 0.15) is 6.04 Å². The third kappa shape index (κ3) is 4.52. The van der Waals surface area contributed by atoms with Crippen molar-refractivity contribution in [1.82, 2.24) is 4.72 Å². The van der Waals surface area contributed by atoms with Crippen LogP contribution in [0.15, 0.2) is 34.1 Å². The van der Waals surface area contributed by atoms with Crippen LogP contribution >= 0.6 is 0 Å². The zero-order chi connectivity index (χ0) is 17.0. The third-order valence-electron chi connectivity index (χ3n) is 3.03. The first-order chi connectivity index (χ1) is 10.1. The largest absolute Gasteiger partial charge is 0.480 e. The van der Waals surface area contributed by atoms with Crippen LogP contribution in [0.4, 0.5) is 0 Å². The van der Waals surface area contributed by atoms with Gasteiger partial charge in [-0.05, 0) is 24.6 Å². The maximum Gasteiger partial charge on any atom is 0.321 e. The van der Waals surface area contributed by atoms with Gasteiger partial charge in [-0.1, -0.05) is 26.3 Å². The third-order valence-corrected chi connectivity index (χ3v) is 6.23. The molecule has 124 valence electrons. The van der Waals surface area contributed by atoms with Gasteiger partial charge >= 0.3 is 5.97 Å². The molecule has 0 bridgehead atoms. The molecule has 0 saturated heterocycles. The Hall–Kier alpha value is -1.45. The van der Waals surface area contributed by atoms with Crippen molar-refractivity contribution in [3.8, 4) is 0 Å². The molecule has 0 heterocycles. The number of carbonyl (C=O) groups is 1. The summed E-state index contributed by atoms with van der Waals surface area (Å²) >= 11 is 0. The second kappa shape index (κ2) is 7.21. The summed E-state index contributed by atoms with van der Waals surface area (Å²) in [5.41, 5.74) is 0. The van der Waals surface area contributed by atoms with E-state index >= 15 is 0 Å². The van der Waals surface area contributed by atoms with Crippen molar-refractivity contribution in [3.63, 3.8) is 0 Å². The summed E-state index contributed by atoms with van der Waals surface area (Å²) in [6.45, 7) is 3.19. The molecule has 7 nitrogen and oxygen atoms in total. The van der Waals surface area contributed by atoms with Crippen LogP contribution < -0.4 is 4.72 Å². The Bertz CT molecular complexity index is 740. The predicted octanol–water partition coefficient (Wildman–Crippen LogP) is 1.01. The molecule has 0 aromatic heterocycles. The van der Waals surface area contributed by atoms with E-state index in [0.29, 0.717) is 6.42 Å². The van der Waals surface area contributed by atoms with Gasteiger partial charge in [0.05, 0.1) is 15.5 Å². The number of rotatable bonds is 8. The molecule has 0 fully saturated rings. The summed E-state index contributed by atoms with van der Waals surface area (Å²) in [6.07, 6.45) is 0.630. The second-order valence-corrected chi connectivity index (χ2v) is 8.67. The molecule has 0 aliphatic rings. The van der Waals surface area contributed by atoms with Crippen molar-refractivity contribution in [2.24, 2.45) is 0 Å². The van der Waals surface area contributed by atoms with Crippen LogP contribution in [-0.2, 0) is 24.7 Å². The summed E-state index contributed by atoms with van der Waals surface area (Å²) in [7, 11) is -7.66. The zero-order valence-electron chi connectivity index (χ0n) is 12.3. The average Bonchev–Trinajstić information content (AvgIpc) is 2.46.